The molecule has 2 aromatic rings. The Hall–Kier alpha value is -2.37. The number of hydrogen-bond acceptors (Lipinski definition) is 3. The van der Waals surface area contributed by atoms with Gasteiger partial charge in [-0.2, -0.15) is 0 Å². The van der Waals surface area contributed by atoms with Gasteiger partial charge in [-0.05, 0) is 68.0 Å². The van der Waals surface area contributed by atoms with E-state index < -0.39 is 0 Å². The number of amides is 2. The number of benzene rings is 2. The fraction of sp³-hybridized carbons (Fsp3) is 0.391. The molecule has 5 nitrogen and oxygen atoms in total. The van der Waals surface area contributed by atoms with E-state index in [0.29, 0.717) is 41.4 Å². The van der Waals surface area contributed by atoms with Gasteiger partial charge in [-0.3, -0.25) is 14.5 Å². The molecular weight excluding hydrogens is 386 g/mol. The number of carbonyl (C=O) groups excluding carboxylic acids is 2. The molecule has 2 N–H and O–H groups in total. The van der Waals surface area contributed by atoms with Crippen LogP contribution in [-0.2, 0) is 11.3 Å². The zero-order valence-electron chi connectivity index (χ0n) is 16.6. The minimum atomic E-state index is -0.0666. The Morgan fingerprint density at radius 1 is 1.07 bits per heavy atom. The number of hydrogen-bond donors (Lipinski definition) is 2. The maximum atomic E-state index is 12.6. The smallest absolute Gasteiger partial charge is 0.251 e. The van der Waals surface area contributed by atoms with Gasteiger partial charge in [0.05, 0.1) is 17.3 Å². The first kappa shape index (κ1) is 19.9. The van der Waals surface area contributed by atoms with E-state index in [1.807, 2.05) is 49.4 Å². The van der Waals surface area contributed by atoms with E-state index in [9.17, 15) is 9.59 Å². The third kappa shape index (κ3) is 5.58. The van der Waals surface area contributed by atoms with Gasteiger partial charge in [0, 0.05) is 24.2 Å². The molecule has 2 aromatic carbocycles. The molecule has 0 spiro atoms. The molecule has 2 amide bonds. The van der Waals surface area contributed by atoms with Crippen LogP contribution in [0.1, 0.15) is 47.2 Å². The van der Waals surface area contributed by atoms with E-state index in [0.717, 1.165) is 36.8 Å². The van der Waals surface area contributed by atoms with E-state index in [-0.39, 0.29) is 11.8 Å². The molecule has 2 fully saturated rings. The van der Waals surface area contributed by atoms with Crippen molar-refractivity contribution in [1.82, 2.24) is 10.2 Å². The van der Waals surface area contributed by atoms with Crippen LogP contribution in [0.2, 0.25) is 5.02 Å². The third-order valence-electron chi connectivity index (χ3n) is 5.32. The quantitative estimate of drug-likeness (QED) is 0.686. The molecule has 2 aliphatic rings. The van der Waals surface area contributed by atoms with Gasteiger partial charge in [-0.1, -0.05) is 29.8 Å². The Morgan fingerprint density at radius 3 is 2.41 bits per heavy atom. The van der Waals surface area contributed by atoms with Crippen molar-refractivity contribution in [2.45, 2.75) is 51.2 Å². The van der Waals surface area contributed by atoms with Crippen molar-refractivity contribution in [3.8, 4) is 0 Å². The fourth-order valence-electron chi connectivity index (χ4n) is 3.34. The van der Waals surface area contributed by atoms with Gasteiger partial charge in [0.2, 0.25) is 5.91 Å². The summed E-state index contributed by atoms with van der Waals surface area (Å²) in [5, 5.41) is 6.47. The second kappa shape index (κ2) is 8.56. The largest absolute Gasteiger partial charge is 0.349 e. The number of nitrogens with one attached hydrogen (secondary N) is 2. The van der Waals surface area contributed by atoms with Gasteiger partial charge >= 0.3 is 0 Å². The molecule has 0 atom stereocenters. The molecule has 0 saturated heterocycles. The zero-order valence-corrected chi connectivity index (χ0v) is 17.3. The maximum absolute atomic E-state index is 12.6. The number of nitrogens with zero attached hydrogens (tertiary/aromatic N) is 1. The van der Waals surface area contributed by atoms with E-state index in [2.05, 4.69) is 15.5 Å². The Bertz CT molecular complexity index is 905. The highest BCUT2D eigenvalue weighted by molar-refractivity contribution is 6.33. The zero-order chi connectivity index (χ0) is 20.4. The fourth-order valence-corrected chi connectivity index (χ4v) is 3.62. The molecule has 152 valence electrons. The molecule has 2 aliphatic carbocycles. The van der Waals surface area contributed by atoms with Crippen molar-refractivity contribution in [1.29, 1.82) is 0 Å². The van der Waals surface area contributed by atoms with Crippen LogP contribution in [0.4, 0.5) is 5.69 Å². The van der Waals surface area contributed by atoms with Crippen molar-refractivity contribution in [3.63, 3.8) is 0 Å². The van der Waals surface area contributed by atoms with Crippen LogP contribution in [0.3, 0.4) is 0 Å². The topological polar surface area (TPSA) is 61.4 Å². The summed E-state index contributed by atoms with van der Waals surface area (Å²) in [4.78, 5) is 26.9. The van der Waals surface area contributed by atoms with E-state index >= 15 is 0 Å². The average molecular weight is 412 g/mol. The van der Waals surface area contributed by atoms with E-state index in [1.165, 1.54) is 0 Å². The summed E-state index contributed by atoms with van der Waals surface area (Å²) in [6, 6.07) is 14.1. The molecule has 0 aromatic heterocycles. The van der Waals surface area contributed by atoms with Gasteiger partial charge < -0.3 is 10.6 Å². The lowest BCUT2D eigenvalue weighted by atomic mass is 10.1. The molecule has 4 rings (SSSR count). The average Bonchev–Trinajstić information content (AvgIpc) is 3.58. The summed E-state index contributed by atoms with van der Waals surface area (Å²) in [5.41, 5.74) is 3.48. The second-order valence-electron chi connectivity index (χ2n) is 8.11. The van der Waals surface area contributed by atoms with E-state index in [1.54, 1.807) is 0 Å². The molecule has 0 heterocycles. The predicted octanol–water partition coefficient (Wildman–Crippen LogP) is 4.14. The van der Waals surface area contributed by atoms with Crippen molar-refractivity contribution in [2.24, 2.45) is 0 Å². The van der Waals surface area contributed by atoms with Crippen molar-refractivity contribution in [3.05, 3.63) is 64.2 Å². The predicted molar refractivity (Wildman–Crippen MR) is 115 cm³/mol. The normalized spacial score (nSPS) is 16.0. The number of carbonyl (C=O) groups is 2. The number of rotatable bonds is 8. The van der Waals surface area contributed by atoms with Crippen LogP contribution < -0.4 is 10.6 Å². The Kier molecular flexibility index (Phi) is 5.88. The number of halogens is 1. The van der Waals surface area contributed by atoms with Crippen molar-refractivity contribution in [2.75, 3.05) is 11.9 Å². The number of aryl methyl sites for hydroxylation is 1. The first-order valence-electron chi connectivity index (χ1n) is 10.2. The van der Waals surface area contributed by atoms with Crippen LogP contribution in [0, 0.1) is 6.92 Å². The standard InChI is InChI=1S/C23H26ClN3O2/c1-15-2-11-21(20(24)12-15)26-22(28)14-27(19-9-10-19)13-16-3-5-17(6-4-16)23(29)25-18-7-8-18/h2-6,11-12,18-19H,7-10,13-14H2,1H3,(H,25,29)(H,26,28). The van der Waals surface area contributed by atoms with Gasteiger partial charge in [0.25, 0.3) is 5.91 Å². The molecule has 29 heavy (non-hydrogen) atoms. The molecule has 2 saturated carbocycles. The lowest BCUT2D eigenvalue weighted by Gasteiger charge is -2.22. The van der Waals surface area contributed by atoms with Crippen LogP contribution in [0.15, 0.2) is 42.5 Å². The second-order valence-corrected chi connectivity index (χ2v) is 8.52. The minimum absolute atomic E-state index is 0.00699. The first-order chi connectivity index (χ1) is 14.0. The SMILES string of the molecule is Cc1ccc(NC(=O)CN(Cc2ccc(C(=O)NC3CC3)cc2)C2CC2)c(Cl)c1. The number of anilines is 1. The van der Waals surface area contributed by atoms with Crippen LogP contribution in [0.5, 0.6) is 0 Å². The van der Waals surface area contributed by atoms with Gasteiger partial charge in [0.15, 0.2) is 0 Å². The summed E-state index contributed by atoms with van der Waals surface area (Å²) in [6.07, 6.45) is 4.38. The highest BCUT2D eigenvalue weighted by Crippen LogP contribution is 2.29. The van der Waals surface area contributed by atoms with Gasteiger partial charge in [0.1, 0.15) is 0 Å². The Morgan fingerprint density at radius 2 is 1.79 bits per heavy atom. The van der Waals surface area contributed by atoms with Crippen LogP contribution in [-0.4, -0.2) is 35.3 Å². The molecule has 0 unspecified atom stereocenters. The summed E-state index contributed by atoms with van der Waals surface area (Å²) in [6.45, 7) is 2.97. The first-order valence-corrected chi connectivity index (χ1v) is 10.6. The van der Waals surface area contributed by atoms with Crippen LogP contribution >= 0.6 is 11.6 Å². The lowest BCUT2D eigenvalue weighted by Crippen LogP contribution is -2.34. The summed E-state index contributed by atoms with van der Waals surface area (Å²) >= 11 is 6.23. The molecule has 0 radical (unpaired) electrons. The lowest BCUT2D eigenvalue weighted by molar-refractivity contribution is -0.117. The van der Waals surface area contributed by atoms with Crippen molar-refractivity contribution >= 4 is 29.1 Å². The Balaban J connectivity index is 1.35. The molecule has 0 aliphatic heterocycles. The van der Waals surface area contributed by atoms with Crippen molar-refractivity contribution < 1.29 is 9.59 Å². The summed E-state index contributed by atoms with van der Waals surface area (Å²) in [5.74, 6) is -0.0736. The minimum Gasteiger partial charge on any atom is -0.349 e. The van der Waals surface area contributed by atoms with Crippen LogP contribution in [0.25, 0.3) is 0 Å². The molecular formula is C23H26ClN3O2. The van der Waals surface area contributed by atoms with Gasteiger partial charge in [-0.15, -0.1) is 0 Å². The molecule has 6 heteroatoms. The van der Waals surface area contributed by atoms with E-state index in [4.69, 9.17) is 11.6 Å². The van der Waals surface area contributed by atoms with Gasteiger partial charge in [-0.25, -0.2) is 0 Å². The molecule has 0 bridgehead atoms. The monoisotopic (exact) mass is 411 g/mol. The maximum Gasteiger partial charge on any atom is 0.251 e. The summed E-state index contributed by atoms with van der Waals surface area (Å²) in [7, 11) is 0. The Labute approximate surface area is 176 Å². The third-order valence-corrected chi connectivity index (χ3v) is 5.64. The summed E-state index contributed by atoms with van der Waals surface area (Å²) < 4.78 is 0. The highest BCUT2D eigenvalue weighted by Gasteiger charge is 2.30. The highest BCUT2D eigenvalue weighted by atomic mass is 35.5.